The molecule has 2 rings (SSSR count). The summed E-state index contributed by atoms with van der Waals surface area (Å²) in [7, 11) is 0. The molecule has 90 valence electrons. The maximum Gasteiger partial charge on any atom is 0.262 e. The van der Waals surface area contributed by atoms with Gasteiger partial charge in [0.2, 0.25) is 0 Å². The molecule has 0 unspecified atom stereocenters. The van der Waals surface area contributed by atoms with Crippen LogP contribution in [0.15, 0.2) is 30.6 Å². The van der Waals surface area contributed by atoms with E-state index >= 15 is 0 Å². The first-order valence-electron chi connectivity index (χ1n) is 5.59. The van der Waals surface area contributed by atoms with E-state index in [-0.39, 0.29) is 5.91 Å². The second kappa shape index (κ2) is 5.68. The van der Waals surface area contributed by atoms with Crippen LogP contribution in [0.2, 0.25) is 5.02 Å². The van der Waals surface area contributed by atoms with Gasteiger partial charge in [0.15, 0.2) is 0 Å². The molecule has 4 nitrogen and oxygen atoms in total. The third-order valence-corrected chi connectivity index (χ3v) is 3.06. The third kappa shape index (κ3) is 3.46. The van der Waals surface area contributed by atoms with Crippen molar-refractivity contribution in [1.29, 1.82) is 0 Å². The zero-order valence-electron chi connectivity index (χ0n) is 9.32. The number of amides is 1. The van der Waals surface area contributed by atoms with Crippen molar-refractivity contribution in [1.82, 2.24) is 10.4 Å². The number of hydrazine groups is 1. The van der Waals surface area contributed by atoms with Crippen LogP contribution in [0.3, 0.4) is 0 Å². The van der Waals surface area contributed by atoms with Crippen LogP contribution in [-0.4, -0.2) is 10.9 Å². The summed E-state index contributed by atoms with van der Waals surface area (Å²) in [6, 6.07) is 1.69. The number of aromatic nitrogens is 1. The van der Waals surface area contributed by atoms with Crippen LogP contribution in [0.25, 0.3) is 0 Å². The lowest BCUT2D eigenvalue weighted by Crippen LogP contribution is -2.28. The van der Waals surface area contributed by atoms with Gasteiger partial charge in [-0.25, -0.2) is 0 Å². The molecule has 0 aliphatic heterocycles. The van der Waals surface area contributed by atoms with E-state index in [2.05, 4.69) is 15.8 Å². The van der Waals surface area contributed by atoms with Crippen molar-refractivity contribution in [2.24, 2.45) is 5.92 Å². The fourth-order valence-corrected chi connectivity index (χ4v) is 1.67. The molecule has 1 amide bonds. The first kappa shape index (κ1) is 11.9. The Labute approximate surface area is 105 Å². The van der Waals surface area contributed by atoms with Crippen molar-refractivity contribution in [3.63, 3.8) is 0 Å². The molecular formula is C12H14ClN3O. The van der Waals surface area contributed by atoms with E-state index in [4.69, 9.17) is 11.6 Å². The highest BCUT2D eigenvalue weighted by molar-refractivity contribution is 6.33. The highest BCUT2D eigenvalue weighted by Gasteiger charge is 2.13. The number of anilines is 1. The number of pyridine rings is 1. The minimum Gasteiger partial charge on any atom is -0.297 e. The van der Waals surface area contributed by atoms with E-state index < -0.39 is 0 Å². The standard InChI is InChI=1S/C12H14ClN3O/c13-10-8-14-7-6-11(10)15-16-12(17)5-4-9-2-1-3-9/h4-9H,1-3H2,(H,14,15)(H,16,17)/b5-4+. The molecule has 0 atom stereocenters. The summed E-state index contributed by atoms with van der Waals surface area (Å²) in [6.45, 7) is 0. The molecule has 5 heteroatoms. The Kier molecular flexibility index (Phi) is 3.98. The van der Waals surface area contributed by atoms with Crippen molar-refractivity contribution >= 4 is 23.2 Å². The third-order valence-electron chi connectivity index (χ3n) is 2.76. The van der Waals surface area contributed by atoms with Gasteiger partial charge in [0.25, 0.3) is 5.91 Å². The van der Waals surface area contributed by atoms with Gasteiger partial charge in [-0.1, -0.05) is 24.1 Å². The Hall–Kier alpha value is -1.55. The number of carbonyl (C=O) groups excluding carboxylic acids is 1. The van der Waals surface area contributed by atoms with Gasteiger partial charge in [0.05, 0.1) is 10.7 Å². The zero-order valence-corrected chi connectivity index (χ0v) is 10.1. The Morgan fingerprint density at radius 1 is 1.53 bits per heavy atom. The second-order valence-electron chi connectivity index (χ2n) is 4.02. The van der Waals surface area contributed by atoms with Crippen LogP contribution in [0.4, 0.5) is 5.69 Å². The molecule has 1 heterocycles. The molecule has 0 radical (unpaired) electrons. The van der Waals surface area contributed by atoms with E-state index in [0.717, 1.165) is 0 Å². The Morgan fingerprint density at radius 2 is 2.35 bits per heavy atom. The number of hydrogen-bond acceptors (Lipinski definition) is 3. The van der Waals surface area contributed by atoms with E-state index in [1.165, 1.54) is 25.5 Å². The van der Waals surface area contributed by atoms with Crippen molar-refractivity contribution < 1.29 is 4.79 Å². The van der Waals surface area contributed by atoms with E-state index in [1.54, 1.807) is 18.3 Å². The van der Waals surface area contributed by atoms with Gasteiger partial charge < -0.3 is 0 Å². The minimum absolute atomic E-state index is 0.176. The molecule has 1 aliphatic carbocycles. The van der Waals surface area contributed by atoms with Gasteiger partial charge in [0, 0.05) is 18.5 Å². The lowest BCUT2D eigenvalue weighted by atomic mass is 9.85. The predicted octanol–water partition coefficient (Wildman–Crippen LogP) is 2.53. The van der Waals surface area contributed by atoms with Crippen molar-refractivity contribution in [2.75, 3.05) is 5.43 Å². The molecular weight excluding hydrogens is 238 g/mol. The molecule has 1 saturated carbocycles. The molecule has 1 aliphatic rings. The highest BCUT2D eigenvalue weighted by atomic mass is 35.5. The molecule has 2 N–H and O–H groups in total. The molecule has 0 bridgehead atoms. The quantitative estimate of drug-likeness (QED) is 0.639. The zero-order chi connectivity index (χ0) is 12.1. The van der Waals surface area contributed by atoms with Gasteiger partial charge in [-0.15, -0.1) is 0 Å². The summed E-state index contributed by atoms with van der Waals surface area (Å²) in [4.78, 5) is 15.3. The van der Waals surface area contributed by atoms with Gasteiger partial charge >= 0.3 is 0 Å². The Balaban J connectivity index is 1.79. The van der Waals surface area contributed by atoms with Gasteiger partial charge in [-0.2, -0.15) is 0 Å². The molecule has 0 saturated heterocycles. The summed E-state index contributed by atoms with van der Waals surface area (Å²) in [5, 5.41) is 0.468. The number of allylic oxidation sites excluding steroid dienone is 1. The Bertz CT molecular complexity index is 430. The molecule has 1 fully saturated rings. The van der Waals surface area contributed by atoms with Crippen LogP contribution in [0.1, 0.15) is 19.3 Å². The lowest BCUT2D eigenvalue weighted by molar-refractivity contribution is -0.116. The molecule has 1 aromatic rings. The topological polar surface area (TPSA) is 54.0 Å². The molecule has 0 aromatic carbocycles. The fourth-order valence-electron chi connectivity index (χ4n) is 1.50. The van der Waals surface area contributed by atoms with E-state index in [9.17, 15) is 4.79 Å². The number of hydrogen-bond donors (Lipinski definition) is 2. The van der Waals surface area contributed by atoms with Crippen LogP contribution < -0.4 is 10.9 Å². The number of carbonyl (C=O) groups is 1. The van der Waals surface area contributed by atoms with Crippen LogP contribution in [-0.2, 0) is 4.79 Å². The fraction of sp³-hybridized carbons (Fsp3) is 0.333. The maximum absolute atomic E-state index is 11.5. The summed E-state index contributed by atoms with van der Waals surface area (Å²) < 4.78 is 0. The van der Waals surface area contributed by atoms with Crippen LogP contribution in [0, 0.1) is 5.92 Å². The van der Waals surface area contributed by atoms with Crippen LogP contribution >= 0.6 is 11.6 Å². The number of rotatable bonds is 4. The summed E-state index contributed by atoms with van der Waals surface area (Å²) >= 11 is 5.87. The van der Waals surface area contributed by atoms with Crippen molar-refractivity contribution in [3.8, 4) is 0 Å². The second-order valence-corrected chi connectivity index (χ2v) is 4.43. The summed E-state index contributed by atoms with van der Waals surface area (Å²) in [5.74, 6) is 0.398. The molecule has 0 spiro atoms. The van der Waals surface area contributed by atoms with E-state index in [0.29, 0.717) is 16.6 Å². The number of nitrogens with one attached hydrogen (secondary N) is 2. The summed E-state index contributed by atoms with van der Waals surface area (Å²) in [6.07, 6.45) is 10.3. The average Bonchev–Trinajstić information content (AvgIpc) is 2.26. The number of halogens is 1. The largest absolute Gasteiger partial charge is 0.297 e. The number of nitrogens with zero attached hydrogens (tertiary/aromatic N) is 1. The first-order chi connectivity index (χ1) is 8.25. The highest BCUT2D eigenvalue weighted by Crippen LogP contribution is 2.27. The Morgan fingerprint density at radius 3 is 3.00 bits per heavy atom. The average molecular weight is 252 g/mol. The van der Waals surface area contributed by atoms with Gasteiger partial charge in [-0.05, 0) is 24.8 Å². The van der Waals surface area contributed by atoms with Gasteiger partial charge in [-0.3, -0.25) is 20.6 Å². The first-order valence-corrected chi connectivity index (χ1v) is 5.97. The van der Waals surface area contributed by atoms with Gasteiger partial charge in [0.1, 0.15) is 0 Å². The monoisotopic (exact) mass is 251 g/mol. The summed E-state index contributed by atoms with van der Waals surface area (Å²) in [5.41, 5.74) is 5.94. The molecule has 17 heavy (non-hydrogen) atoms. The minimum atomic E-state index is -0.176. The van der Waals surface area contributed by atoms with Crippen LogP contribution in [0.5, 0.6) is 0 Å². The molecule has 1 aromatic heterocycles. The normalized spacial score (nSPS) is 15.6. The predicted molar refractivity (Wildman–Crippen MR) is 67.5 cm³/mol. The SMILES string of the molecule is O=C(/C=C/C1CCC1)NNc1ccncc1Cl. The maximum atomic E-state index is 11.5. The van der Waals surface area contributed by atoms with Crippen molar-refractivity contribution in [2.45, 2.75) is 19.3 Å². The van der Waals surface area contributed by atoms with Crippen molar-refractivity contribution in [3.05, 3.63) is 35.6 Å². The van der Waals surface area contributed by atoms with E-state index in [1.807, 2.05) is 6.08 Å². The smallest absolute Gasteiger partial charge is 0.262 e. The lowest BCUT2D eigenvalue weighted by Gasteiger charge is -2.21.